The Kier molecular flexibility index (Phi) is 8.94. The minimum absolute atomic E-state index is 0.0491. The van der Waals surface area contributed by atoms with E-state index >= 15 is 8.78 Å². The number of aryl methyl sites for hydroxylation is 1. The molecular formula is C30H23F11O. The first-order valence-corrected chi connectivity index (χ1v) is 12.8. The number of halogens is 11. The van der Waals surface area contributed by atoms with Gasteiger partial charge in [0.15, 0.2) is 0 Å². The maximum absolute atomic E-state index is 15.2. The van der Waals surface area contributed by atoms with Gasteiger partial charge < -0.3 is 4.74 Å². The van der Waals surface area contributed by atoms with Crippen LogP contribution in [0.2, 0.25) is 0 Å². The number of allylic oxidation sites excluding steroid dienone is 6. The highest BCUT2D eigenvalue weighted by Gasteiger charge is 2.44. The van der Waals surface area contributed by atoms with Crippen molar-refractivity contribution >= 4 is 5.57 Å². The van der Waals surface area contributed by atoms with Crippen molar-refractivity contribution in [2.24, 2.45) is 11.8 Å². The van der Waals surface area contributed by atoms with Gasteiger partial charge in [-0.2, -0.15) is 22.0 Å². The molecule has 0 bridgehead atoms. The van der Waals surface area contributed by atoms with Crippen molar-refractivity contribution in [1.82, 2.24) is 0 Å². The van der Waals surface area contributed by atoms with Gasteiger partial charge in [0.2, 0.25) is 0 Å². The molecule has 2 aliphatic rings. The van der Waals surface area contributed by atoms with Crippen LogP contribution in [-0.4, -0.2) is 12.3 Å². The van der Waals surface area contributed by atoms with E-state index in [2.05, 4.69) is 4.74 Å². The lowest BCUT2D eigenvalue weighted by molar-refractivity contribution is -0.144. The zero-order chi connectivity index (χ0) is 31.0. The quantitative estimate of drug-likeness (QED) is 0.271. The molecule has 0 radical (unpaired) electrons. The number of benzene rings is 2. The fourth-order valence-electron chi connectivity index (χ4n) is 4.94. The molecule has 0 saturated heterocycles. The van der Waals surface area contributed by atoms with E-state index in [-0.39, 0.29) is 23.3 Å². The monoisotopic (exact) mass is 608 g/mol. The normalized spacial score (nSPS) is 21.4. The highest BCUT2D eigenvalue weighted by molar-refractivity contribution is 5.76. The highest BCUT2D eigenvalue weighted by atomic mass is 19.4. The van der Waals surface area contributed by atoms with Gasteiger partial charge in [-0.3, -0.25) is 0 Å². The largest absolute Gasteiger partial charge is 0.429 e. The summed E-state index contributed by atoms with van der Waals surface area (Å²) in [5, 5.41) is 0. The summed E-state index contributed by atoms with van der Waals surface area (Å²) in [5.74, 6) is -12.1. The van der Waals surface area contributed by atoms with Crippen LogP contribution in [0.3, 0.4) is 0 Å². The van der Waals surface area contributed by atoms with E-state index in [0.29, 0.717) is 18.1 Å². The second-order valence-corrected chi connectivity index (χ2v) is 9.96. The van der Waals surface area contributed by atoms with Gasteiger partial charge >= 0.3 is 12.3 Å². The van der Waals surface area contributed by atoms with Gasteiger partial charge in [-0.1, -0.05) is 37.6 Å². The average Bonchev–Trinajstić information content (AvgIpc) is 2.85. The Morgan fingerprint density at radius 1 is 0.905 bits per heavy atom. The molecule has 3 atom stereocenters. The maximum atomic E-state index is 15.2. The zero-order valence-electron chi connectivity index (χ0n) is 21.8. The van der Waals surface area contributed by atoms with Gasteiger partial charge in [0.1, 0.15) is 46.6 Å². The van der Waals surface area contributed by atoms with Crippen molar-refractivity contribution in [2.45, 2.75) is 51.1 Å². The van der Waals surface area contributed by atoms with Crippen molar-refractivity contribution in [3.05, 3.63) is 106 Å². The molecular weight excluding hydrogens is 585 g/mol. The van der Waals surface area contributed by atoms with Crippen LogP contribution in [0.25, 0.3) is 5.57 Å². The number of ether oxygens (including phenoxy) is 1. The lowest BCUT2D eigenvalue weighted by Gasteiger charge is -2.31. The molecule has 1 nitrogen and oxygen atoms in total. The number of alkyl halides is 6. The van der Waals surface area contributed by atoms with Crippen molar-refractivity contribution < 1.29 is 53.0 Å². The molecule has 2 aliphatic carbocycles. The number of hydrogen-bond acceptors (Lipinski definition) is 1. The number of unbranched alkanes of at least 4 members (excludes halogenated alkanes) is 1. The standard InChI is InChI=1S/C30H23F11O/c1-2-3-4-15-5-7-19(21(31)9-15)17-11-23(33)27(24(34)12-17)16-6-8-20(22(32)10-16)30(40,41)42-18-13-25(35)28(26(36)14-18)29(37,38)39/h5-9,11-14,16,23,27H,2-4,10H2,1H3. The molecule has 0 saturated carbocycles. The Bertz CT molecular complexity index is 1440. The van der Waals surface area contributed by atoms with E-state index in [9.17, 15) is 39.5 Å². The molecule has 42 heavy (non-hydrogen) atoms. The van der Waals surface area contributed by atoms with Crippen LogP contribution >= 0.6 is 0 Å². The first kappa shape index (κ1) is 31.4. The fraction of sp³-hybridized carbons (Fsp3) is 0.333. The summed E-state index contributed by atoms with van der Waals surface area (Å²) in [4.78, 5) is 0. The third-order valence-corrected chi connectivity index (χ3v) is 6.99. The molecule has 226 valence electrons. The lowest BCUT2D eigenvalue weighted by Crippen LogP contribution is -2.32. The molecule has 0 N–H and O–H groups in total. The first-order chi connectivity index (χ1) is 19.6. The lowest BCUT2D eigenvalue weighted by atomic mass is 9.77. The average molecular weight is 608 g/mol. The third kappa shape index (κ3) is 6.57. The molecule has 3 unspecified atom stereocenters. The summed E-state index contributed by atoms with van der Waals surface area (Å²) in [6.45, 7) is 1.97. The van der Waals surface area contributed by atoms with Gasteiger partial charge in [-0.05, 0) is 48.1 Å². The fourth-order valence-corrected chi connectivity index (χ4v) is 4.94. The van der Waals surface area contributed by atoms with Crippen LogP contribution in [0, 0.1) is 29.3 Å². The Balaban J connectivity index is 1.50. The molecule has 4 rings (SSSR count). The third-order valence-electron chi connectivity index (χ3n) is 6.99. The summed E-state index contributed by atoms with van der Waals surface area (Å²) in [7, 11) is 0. The summed E-state index contributed by atoms with van der Waals surface area (Å²) in [5.41, 5.74) is -3.18. The Morgan fingerprint density at radius 2 is 1.57 bits per heavy atom. The van der Waals surface area contributed by atoms with Crippen LogP contribution in [0.4, 0.5) is 48.3 Å². The number of rotatable bonds is 8. The van der Waals surface area contributed by atoms with E-state index < -0.39 is 82.7 Å². The van der Waals surface area contributed by atoms with Gasteiger partial charge in [0.25, 0.3) is 0 Å². The van der Waals surface area contributed by atoms with Crippen LogP contribution in [0.15, 0.2) is 71.9 Å². The van der Waals surface area contributed by atoms with E-state index in [1.165, 1.54) is 12.1 Å². The van der Waals surface area contributed by atoms with E-state index in [0.717, 1.165) is 31.1 Å². The molecule has 0 spiro atoms. The maximum Gasteiger partial charge on any atom is 0.429 e. The summed E-state index contributed by atoms with van der Waals surface area (Å²) >= 11 is 0. The van der Waals surface area contributed by atoms with E-state index in [4.69, 9.17) is 0 Å². The second-order valence-electron chi connectivity index (χ2n) is 9.96. The zero-order valence-corrected chi connectivity index (χ0v) is 21.8. The first-order valence-electron chi connectivity index (χ1n) is 12.8. The number of hydrogen-bond donors (Lipinski definition) is 0. The predicted octanol–water partition coefficient (Wildman–Crippen LogP) is 10.1. The molecule has 0 fully saturated rings. The Labute approximate surface area is 233 Å². The van der Waals surface area contributed by atoms with Crippen LogP contribution in [-0.2, 0) is 12.6 Å². The minimum Gasteiger partial charge on any atom is -0.429 e. The summed E-state index contributed by atoms with van der Waals surface area (Å²) in [6.07, 6.45) is -7.50. The highest BCUT2D eigenvalue weighted by Crippen LogP contribution is 2.45. The van der Waals surface area contributed by atoms with E-state index in [1.807, 2.05) is 6.92 Å². The Hall–Kier alpha value is -3.57. The molecule has 0 amide bonds. The second kappa shape index (κ2) is 12.0. The molecule has 2 aromatic rings. The molecule has 0 aromatic heterocycles. The smallest absolute Gasteiger partial charge is 0.429 e. The summed E-state index contributed by atoms with van der Waals surface area (Å²) < 4.78 is 159. The van der Waals surface area contributed by atoms with Crippen molar-refractivity contribution in [3.63, 3.8) is 0 Å². The summed E-state index contributed by atoms with van der Waals surface area (Å²) in [6, 6.07) is 4.05. The minimum atomic E-state index is -5.45. The van der Waals surface area contributed by atoms with Crippen LogP contribution in [0.1, 0.15) is 42.9 Å². The SMILES string of the molecule is CCCCc1ccc(C2=CC(F)C(C3C=CC(C(F)(F)Oc4cc(F)c(C(F)(F)F)c(F)c4)=C(F)C3)C(F)=C2)c(F)c1. The van der Waals surface area contributed by atoms with Crippen molar-refractivity contribution in [1.29, 1.82) is 0 Å². The van der Waals surface area contributed by atoms with Gasteiger partial charge in [0, 0.05) is 24.1 Å². The van der Waals surface area contributed by atoms with Gasteiger partial charge in [-0.15, -0.1) is 0 Å². The van der Waals surface area contributed by atoms with E-state index in [1.54, 1.807) is 6.07 Å². The Morgan fingerprint density at radius 3 is 2.12 bits per heavy atom. The van der Waals surface area contributed by atoms with Crippen molar-refractivity contribution in [2.75, 3.05) is 0 Å². The molecule has 0 aliphatic heterocycles. The van der Waals surface area contributed by atoms with Crippen LogP contribution < -0.4 is 4.74 Å². The van der Waals surface area contributed by atoms with Crippen molar-refractivity contribution in [3.8, 4) is 5.75 Å². The van der Waals surface area contributed by atoms with Crippen LogP contribution in [0.5, 0.6) is 5.75 Å². The predicted molar refractivity (Wildman–Crippen MR) is 133 cm³/mol. The van der Waals surface area contributed by atoms with Gasteiger partial charge in [-0.25, -0.2) is 26.3 Å². The molecule has 0 heterocycles. The molecule has 2 aromatic carbocycles. The molecule has 12 heteroatoms. The van der Waals surface area contributed by atoms with Gasteiger partial charge in [0.05, 0.1) is 11.5 Å². The topological polar surface area (TPSA) is 9.23 Å².